The molecule has 2 amide bonds. The molecule has 2 N–H and O–H groups in total. The molecule has 0 bridgehead atoms. The lowest BCUT2D eigenvalue weighted by atomic mass is 10.2. The highest BCUT2D eigenvalue weighted by Gasteiger charge is 2.11. The molecule has 2 aromatic carbocycles. The van der Waals surface area contributed by atoms with Crippen molar-refractivity contribution in [1.82, 2.24) is 4.98 Å². The Bertz CT molecular complexity index is 899. The molecule has 136 valence electrons. The summed E-state index contributed by atoms with van der Waals surface area (Å²) < 4.78 is 5.53. The molecule has 1 heterocycles. The van der Waals surface area contributed by atoms with Crippen LogP contribution in [0.4, 0.5) is 11.4 Å². The Morgan fingerprint density at radius 2 is 1.56 bits per heavy atom. The van der Waals surface area contributed by atoms with Crippen LogP contribution in [0.15, 0.2) is 79.1 Å². The molecule has 0 spiro atoms. The average molecular weight is 361 g/mol. The number of carbonyl (C=O) groups is 2. The Kier molecular flexibility index (Phi) is 6.14. The summed E-state index contributed by atoms with van der Waals surface area (Å²) >= 11 is 0. The molecule has 0 saturated heterocycles. The summed E-state index contributed by atoms with van der Waals surface area (Å²) in [5.41, 5.74) is 1.48. The van der Waals surface area contributed by atoms with E-state index in [0.29, 0.717) is 16.9 Å². The molecule has 3 aromatic rings. The summed E-state index contributed by atoms with van der Waals surface area (Å²) in [7, 11) is 0. The number of amides is 2. The van der Waals surface area contributed by atoms with Crippen LogP contribution >= 0.6 is 0 Å². The predicted molar refractivity (Wildman–Crippen MR) is 104 cm³/mol. The topological polar surface area (TPSA) is 80.3 Å². The number of nitrogens with one attached hydrogen (secondary N) is 2. The Labute approximate surface area is 157 Å². The van der Waals surface area contributed by atoms with Crippen molar-refractivity contribution >= 4 is 23.2 Å². The van der Waals surface area contributed by atoms with Gasteiger partial charge in [-0.2, -0.15) is 0 Å². The lowest BCUT2D eigenvalue weighted by Crippen LogP contribution is -2.18. The highest BCUT2D eigenvalue weighted by Crippen LogP contribution is 2.22. The number of benzene rings is 2. The lowest BCUT2D eigenvalue weighted by Gasteiger charge is -2.12. The number of rotatable bonds is 7. The van der Waals surface area contributed by atoms with Gasteiger partial charge in [0, 0.05) is 12.4 Å². The number of anilines is 2. The van der Waals surface area contributed by atoms with Gasteiger partial charge in [0.15, 0.2) is 0 Å². The zero-order valence-electron chi connectivity index (χ0n) is 14.6. The largest absolute Gasteiger partial charge is 0.493 e. The second kappa shape index (κ2) is 9.15. The van der Waals surface area contributed by atoms with Gasteiger partial charge >= 0.3 is 0 Å². The van der Waals surface area contributed by atoms with Gasteiger partial charge in [0.25, 0.3) is 5.91 Å². The molecular weight excluding hydrogens is 342 g/mol. The van der Waals surface area contributed by atoms with Gasteiger partial charge in [0.05, 0.1) is 30.0 Å². The molecule has 0 unspecified atom stereocenters. The number of aromatic nitrogens is 1. The third-order valence-electron chi connectivity index (χ3n) is 3.71. The first-order valence-electron chi connectivity index (χ1n) is 8.50. The van der Waals surface area contributed by atoms with Crippen LogP contribution < -0.4 is 15.4 Å². The zero-order valence-corrected chi connectivity index (χ0v) is 14.6. The highest BCUT2D eigenvalue weighted by atomic mass is 16.5. The summed E-state index contributed by atoms with van der Waals surface area (Å²) in [5.74, 6) is 0.223. The second-order valence-corrected chi connectivity index (χ2v) is 5.70. The van der Waals surface area contributed by atoms with Crippen molar-refractivity contribution in [3.8, 4) is 5.75 Å². The number of ether oxygens (including phenoxy) is 1. The fourth-order valence-electron chi connectivity index (χ4n) is 2.38. The summed E-state index contributed by atoms with van der Waals surface area (Å²) in [6.07, 6.45) is 3.28. The second-order valence-electron chi connectivity index (χ2n) is 5.70. The molecule has 6 nitrogen and oxygen atoms in total. The fraction of sp³-hybridized carbons (Fsp3) is 0.0952. The van der Waals surface area contributed by atoms with Gasteiger partial charge in [-0.05, 0) is 36.4 Å². The molecule has 6 heteroatoms. The van der Waals surface area contributed by atoms with Crippen molar-refractivity contribution < 1.29 is 14.3 Å². The van der Waals surface area contributed by atoms with E-state index in [9.17, 15) is 9.59 Å². The van der Waals surface area contributed by atoms with E-state index in [1.54, 1.807) is 42.6 Å². The van der Waals surface area contributed by atoms with E-state index in [2.05, 4.69) is 15.6 Å². The smallest absolute Gasteiger partial charge is 0.257 e. The fourth-order valence-corrected chi connectivity index (χ4v) is 2.38. The first-order chi connectivity index (χ1) is 13.2. The van der Waals surface area contributed by atoms with Crippen molar-refractivity contribution in [2.75, 3.05) is 17.2 Å². The van der Waals surface area contributed by atoms with E-state index >= 15 is 0 Å². The van der Waals surface area contributed by atoms with Gasteiger partial charge in [-0.25, -0.2) is 0 Å². The Hall–Kier alpha value is -3.67. The van der Waals surface area contributed by atoms with Gasteiger partial charge in [-0.3, -0.25) is 14.6 Å². The third-order valence-corrected chi connectivity index (χ3v) is 3.71. The molecule has 0 saturated carbocycles. The highest BCUT2D eigenvalue weighted by molar-refractivity contribution is 6.07. The molecule has 0 aliphatic rings. The standard InChI is InChI=1S/C21H19N3O3/c25-20(12-14-27-17-8-2-1-3-9-17)23-18-10-4-5-11-19(18)24-21(26)16-7-6-13-22-15-16/h1-11,13,15H,12,14H2,(H,23,25)(H,24,26). The minimum atomic E-state index is -0.294. The van der Waals surface area contributed by atoms with Crippen LogP contribution in [0.1, 0.15) is 16.8 Å². The molecule has 0 aliphatic carbocycles. The van der Waals surface area contributed by atoms with Crippen LogP contribution in [0.3, 0.4) is 0 Å². The number of para-hydroxylation sites is 3. The lowest BCUT2D eigenvalue weighted by molar-refractivity contribution is -0.116. The summed E-state index contributed by atoms with van der Waals surface area (Å²) in [4.78, 5) is 28.4. The molecular formula is C21H19N3O3. The number of hydrogen-bond donors (Lipinski definition) is 2. The van der Waals surface area contributed by atoms with Crippen molar-refractivity contribution in [1.29, 1.82) is 0 Å². The van der Waals surface area contributed by atoms with Gasteiger partial charge < -0.3 is 15.4 Å². The number of nitrogens with zero attached hydrogens (tertiary/aromatic N) is 1. The molecule has 0 atom stereocenters. The molecule has 0 aliphatic heterocycles. The van der Waals surface area contributed by atoms with E-state index in [1.165, 1.54) is 6.20 Å². The molecule has 0 fully saturated rings. The zero-order chi connectivity index (χ0) is 18.9. The maximum absolute atomic E-state index is 12.3. The predicted octanol–water partition coefficient (Wildman–Crippen LogP) is 3.74. The number of hydrogen-bond acceptors (Lipinski definition) is 4. The summed E-state index contributed by atoms with van der Waals surface area (Å²) in [5, 5.41) is 5.59. The third kappa shape index (κ3) is 5.40. The normalized spacial score (nSPS) is 10.1. The van der Waals surface area contributed by atoms with Gasteiger partial charge in [-0.15, -0.1) is 0 Å². The van der Waals surface area contributed by atoms with Gasteiger partial charge in [0.1, 0.15) is 5.75 Å². The number of carbonyl (C=O) groups excluding carboxylic acids is 2. The first-order valence-corrected chi connectivity index (χ1v) is 8.50. The quantitative estimate of drug-likeness (QED) is 0.672. The monoisotopic (exact) mass is 361 g/mol. The van der Waals surface area contributed by atoms with Crippen LogP contribution in [0.25, 0.3) is 0 Å². The maximum Gasteiger partial charge on any atom is 0.257 e. The van der Waals surface area contributed by atoms with Crippen molar-refractivity contribution in [2.45, 2.75) is 6.42 Å². The molecule has 3 rings (SSSR count). The van der Waals surface area contributed by atoms with Crippen LogP contribution in [-0.4, -0.2) is 23.4 Å². The molecule has 27 heavy (non-hydrogen) atoms. The molecule has 1 aromatic heterocycles. The van der Waals surface area contributed by atoms with Gasteiger partial charge in [-0.1, -0.05) is 30.3 Å². The van der Waals surface area contributed by atoms with E-state index in [4.69, 9.17) is 4.74 Å². The summed E-state index contributed by atoms with van der Waals surface area (Å²) in [6, 6.07) is 19.7. The van der Waals surface area contributed by atoms with Crippen molar-refractivity contribution in [2.24, 2.45) is 0 Å². The Morgan fingerprint density at radius 1 is 0.852 bits per heavy atom. The van der Waals surface area contributed by atoms with E-state index in [-0.39, 0.29) is 24.8 Å². The Morgan fingerprint density at radius 3 is 2.26 bits per heavy atom. The maximum atomic E-state index is 12.3. The SMILES string of the molecule is O=C(CCOc1ccccc1)Nc1ccccc1NC(=O)c1cccnc1. The van der Waals surface area contributed by atoms with Gasteiger partial charge in [0.2, 0.25) is 5.91 Å². The number of pyridine rings is 1. The molecule has 0 radical (unpaired) electrons. The van der Waals surface area contributed by atoms with Crippen LogP contribution in [0, 0.1) is 0 Å². The summed E-state index contributed by atoms with van der Waals surface area (Å²) in [6.45, 7) is 0.264. The van der Waals surface area contributed by atoms with Crippen molar-refractivity contribution in [3.05, 3.63) is 84.7 Å². The minimum Gasteiger partial charge on any atom is -0.493 e. The average Bonchev–Trinajstić information content (AvgIpc) is 2.71. The Balaban J connectivity index is 1.57. The van der Waals surface area contributed by atoms with E-state index < -0.39 is 0 Å². The first kappa shape index (κ1) is 18.1. The van der Waals surface area contributed by atoms with Crippen molar-refractivity contribution in [3.63, 3.8) is 0 Å². The minimum absolute atomic E-state index is 0.194. The van der Waals surface area contributed by atoms with E-state index in [0.717, 1.165) is 5.75 Å². The van der Waals surface area contributed by atoms with Crippen LogP contribution in [0.5, 0.6) is 5.75 Å². The van der Waals surface area contributed by atoms with Crippen LogP contribution in [0.2, 0.25) is 0 Å². The van der Waals surface area contributed by atoms with E-state index in [1.807, 2.05) is 30.3 Å². The van der Waals surface area contributed by atoms with Crippen LogP contribution in [-0.2, 0) is 4.79 Å².